The number of fused-ring (bicyclic) bond motifs is 9. The number of nitrogens with one attached hydrogen (secondary N) is 1. The first-order chi connectivity index (χ1) is 12.6. The lowest BCUT2D eigenvalue weighted by molar-refractivity contribution is 0.244. The Morgan fingerprint density at radius 3 is 2.12 bits per heavy atom. The summed E-state index contributed by atoms with van der Waals surface area (Å²) in [5.74, 6) is 0.699. The minimum Gasteiger partial charge on any atom is -0.294 e. The predicted molar refractivity (Wildman–Crippen MR) is 108 cm³/mol. The average molecular weight is 341 g/mol. The van der Waals surface area contributed by atoms with Crippen molar-refractivity contribution in [3.05, 3.63) is 96.1 Å². The summed E-state index contributed by atoms with van der Waals surface area (Å²) in [6, 6.07) is 18.1. The highest BCUT2D eigenvalue weighted by Crippen LogP contribution is 2.66. The molecule has 1 N–H and O–H groups in total. The van der Waals surface area contributed by atoms with Gasteiger partial charge in [0.15, 0.2) is 0 Å². The van der Waals surface area contributed by atoms with E-state index in [1.807, 2.05) is 0 Å². The summed E-state index contributed by atoms with van der Waals surface area (Å²) < 4.78 is 0. The molecule has 2 bridgehead atoms. The average Bonchev–Trinajstić information content (AvgIpc) is 3.26. The maximum atomic E-state index is 4.12. The SMILES string of the molecule is C=CCC12C[C@H]3C[C@@]3(CC=C)c3ccccc3[C@@](C)(N1)c1ccccc12. The van der Waals surface area contributed by atoms with E-state index in [2.05, 4.69) is 86.1 Å². The van der Waals surface area contributed by atoms with Crippen molar-refractivity contribution >= 4 is 0 Å². The Balaban J connectivity index is 1.82. The molecule has 0 spiro atoms. The first-order valence-corrected chi connectivity index (χ1v) is 9.81. The molecule has 3 aliphatic rings. The number of allylic oxidation sites excluding steroid dienone is 1. The highest BCUT2D eigenvalue weighted by molar-refractivity contribution is 5.57. The third kappa shape index (κ3) is 1.85. The van der Waals surface area contributed by atoms with Gasteiger partial charge in [-0.3, -0.25) is 5.32 Å². The molecule has 2 aliphatic heterocycles. The molecule has 0 amide bonds. The molecule has 0 radical (unpaired) electrons. The zero-order valence-electron chi connectivity index (χ0n) is 15.6. The van der Waals surface area contributed by atoms with Crippen LogP contribution in [0.5, 0.6) is 0 Å². The van der Waals surface area contributed by atoms with Crippen LogP contribution in [-0.2, 0) is 16.5 Å². The van der Waals surface area contributed by atoms with E-state index >= 15 is 0 Å². The van der Waals surface area contributed by atoms with Gasteiger partial charge in [0.2, 0.25) is 0 Å². The van der Waals surface area contributed by atoms with Crippen molar-refractivity contribution in [2.45, 2.75) is 49.1 Å². The second-order valence-electron chi connectivity index (χ2n) is 8.67. The molecular formula is C25H27N. The van der Waals surface area contributed by atoms with Gasteiger partial charge in [-0.2, -0.15) is 0 Å². The predicted octanol–water partition coefficient (Wildman–Crippen LogP) is 5.56. The van der Waals surface area contributed by atoms with Gasteiger partial charge in [-0.1, -0.05) is 60.7 Å². The summed E-state index contributed by atoms with van der Waals surface area (Å²) in [4.78, 5) is 0. The van der Waals surface area contributed by atoms with Crippen LogP contribution < -0.4 is 5.32 Å². The van der Waals surface area contributed by atoms with E-state index in [0.717, 1.165) is 12.8 Å². The summed E-state index contributed by atoms with van der Waals surface area (Å²) in [6.45, 7) is 10.6. The largest absolute Gasteiger partial charge is 0.294 e. The lowest BCUT2D eigenvalue weighted by Gasteiger charge is -2.40. The molecule has 1 heteroatoms. The van der Waals surface area contributed by atoms with Crippen LogP contribution in [0, 0.1) is 5.92 Å². The van der Waals surface area contributed by atoms with Crippen LogP contribution in [0.2, 0.25) is 0 Å². The fourth-order valence-corrected chi connectivity index (χ4v) is 6.18. The van der Waals surface area contributed by atoms with E-state index in [1.165, 1.54) is 35.1 Å². The van der Waals surface area contributed by atoms with E-state index in [0.29, 0.717) is 5.92 Å². The van der Waals surface area contributed by atoms with Gasteiger partial charge in [-0.15, -0.1) is 13.2 Å². The van der Waals surface area contributed by atoms with Gasteiger partial charge in [0, 0.05) is 11.0 Å². The highest BCUT2D eigenvalue weighted by atomic mass is 15.1. The zero-order chi connectivity index (χ0) is 18.0. The van der Waals surface area contributed by atoms with E-state index in [4.69, 9.17) is 0 Å². The van der Waals surface area contributed by atoms with Crippen molar-refractivity contribution in [1.82, 2.24) is 5.32 Å². The van der Waals surface area contributed by atoms with Crippen LogP contribution in [0.1, 0.15) is 54.9 Å². The molecule has 4 atom stereocenters. The summed E-state index contributed by atoms with van der Waals surface area (Å²) in [6.07, 6.45) is 8.72. The summed E-state index contributed by atoms with van der Waals surface area (Å²) >= 11 is 0. The molecule has 2 heterocycles. The fourth-order valence-electron chi connectivity index (χ4n) is 6.18. The molecular weight excluding hydrogens is 314 g/mol. The van der Waals surface area contributed by atoms with Gasteiger partial charge in [0.25, 0.3) is 0 Å². The standard InChI is InChI=1S/C25H27N/c1-4-14-24-16-18(24)17-25(15-5-2)22-13-9-7-11-20(22)23(3,26-25)19-10-6-8-12-21(19)24/h4-13,18,26H,1-2,14-17H2,3H3/t18-,23-,24-,25?/m1/s1. The summed E-state index contributed by atoms with van der Waals surface area (Å²) in [5, 5.41) is 4.12. The summed E-state index contributed by atoms with van der Waals surface area (Å²) in [5.41, 5.74) is 6.00. The fraction of sp³-hybridized carbons (Fsp3) is 0.360. The number of hydrogen-bond acceptors (Lipinski definition) is 1. The molecule has 5 rings (SSSR count). The lowest BCUT2D eigenvalue weighted by Crippen LogP contribution is -2.48. The van der Waals surface area contributed by atoms with E-state index in [9.17, 15) is 0 Å². The molecule has 2 aromatic carbocycles. The molecule has 2 aromatic rings. The Morgan fingerprint density at radius 2 is 1.46 bits per heavy atom. The maximum absolute atomic E-state index is 4.12. The van der Waals surface area contributed by atoms with Crippen molar-refractivity contribution in [2.75, 3.05) is 0 Å². The third-order valence-corrected chi connectivity index (χ3v) is 7.30. The van der Waals surface area contributed by atoms with Crippen molar-refractivity contribution < 1.29 is 0 Å². The lowest BCUT2D eigenvalue weighted by atomic mass is 9.76. The molecule has 1 unspecified atom stereocenters. The normalized spacial score (nSPS) is 36.1. The Morgan fingerprint density at radius 1 is 0.885 bits per heavy atom. The minimum absolute atomic E-state index is 0.00574. The van der Waals surface area contributed by atoms with Gasteiger partial charge >= 0.3 is 0 Å². The minimum atomic E-state index is -0.155. The van der Waals surface area contributed by atoms with Gasteiger partial charge in [-0.25, -0.2) is 0 Å². The monoisotopic (exact) mass is 341 g/mol. The Labute approximate surface area is 156 Å². The van der Waals surface area contributed by atoms with Crippen molar-refractivity contribution in [3.8, 4) is 0 Å². The molecule has 0 saturated heterocycles. The van der Waals surface area contributed by atoms with Crippen LogP contribution >= 0.6 is 0 Å². The molecule has 26 heavy (non-hydrogen) atoms. The molecule has 1 nitrogen and oxygen atoms in total. The van der Waals surface area contributed by atoms with Crippen molar-refractivity contribution in [1.29, 1.82) is 0 Å². The molecule has 132 valence electrons. The molecule has 1 aliphatic carbocycles. The van der Waals surface area contributed by atoms with Crippen molar-refractivity contribution in [2.24, 2.45) is 5.92 Å². The Bertz CT molecular complexity index is 912. The van der Waals surface area contributed by atoms with E-state index in [-0.39, 0.29) is 16.5 Å². The highest BCUT2D eigenvalue weighted by Gasteiger charge is 2.63. The van der Waals surface area contributed by atoms with Gasteiger partial charge < -0.3 is 0 Å². The van der Waals surface area contributed by atoms with Crippen molar-refractivity contribution in [3.63, 3.8) is 0 Å². The van der Waals surface area contributed by atoms with Crippen LogP contribution in [0.15, 0.2) is 73.8 Å². The number of benzene rings is 2. The van der Waals surface area contributed by atoms with Crippen LogP contribution in [0.3, 0.4) is 0 Å². The summed E-state index contributed by atoms with van der Waals surface area (Å²) in [7, 11) is 0. The van der Waals surface area contributed by atoms with E-state index in [1.54, 1.807) is 0 Å². The first-order valence-electron chi connectivity index (χ1n) is 9.81. The van der Waals surface area contributed by atoms with Gasteiger partial charge in [0.1, 0.15) is 0 Å². The van der Waals surface area contributed by atoms with Crippen LogP contribution in [0.4, 0.5) is 0 Å². The molecule has 1 saturated carbocycles. The Hall–Kier alpha value is -2.12. The second-order valence-corrected chi connectivity index (χ2v) is 8.67. The van der Waals surface area contributed by atoms with Gasteiger partial charge in [0.05, 0.1) is 5.54 Å². The molecule has 1 fully saturated rings. The maximum Gasteiger partial charge on any atom is 0.0675 e. The quantitative estimate of drug-likeness (QED) is 0.718. The molecule has 0 aromatic heterocycles. The first kappa shape index (κ1) is 16.1. The second kappa shape index (κ2) is 5.20. The van der Waals surface area contributed by atoms with Gasteiger partial charge in [-0.05, 0) is 60.8 Å². The Kier molecular flexibility index (Phi) is 3.22. The van der Waals surface area contributed by atoms with E-state index < -0.39 is 0 Å². The zero-order valence-corrected chi connectivity index (χ0v) is 15.6. The van der Waals surface area contributed by atoms with Crippen LogP contribution in [-0.4, -0.2) is 0 Å². The number of hydrogen-bond donors (Lipinski definition) is 1. The number of rotatable bonds is 4. The third-order valence-electron chi connectivity index (χ3n) is 7.30. The smallest absolute Gasteiger partial charge is 0.0675 e. The van der Waals surface area contributed by atoms with Crippen LogP contribution in [0.25, 0.3) is 0 Å². The topological polar surface area (TPSA) is 12.0 Å².